The molecule has 0 radical (unpaired) electrons. The lowest BCUT2D eigenvalue weighted by Crippen LogP contribution is -2.14. The number of pyridine rings is 2. The van der Waals surface area contributed by atoms with Crippen molar-refractivity contribution < 1.29 is 4.79 Å². The minimum absolute atomic E-state index is 0.0551. The van der Waals surface area contributed by atoms with E-state index < -0.39 is 0 Å². The van der Waals surface area contributed by atoms with Crippen LogP contribution >= 0.6 is 0 Å². The average Bonchev–Trinajstić information content (AvgIpc) is 2.63. The second-order valence-corrected chi connectivity index (χ2v) is 5.35. The van der Waals surface area contributed by atoms with Gasteiger partial charge in [-0.05, 0) is 35.4 Å². The fourth-order valence-corrected chi connectivity index (χ4v) is 2.25. The van der Waals surface area contributed by atoms with E-state index in [0.717, 1.165) is 16.9 Å². The number of aromatic nitrogens is 2. The Bertz CT molecular complexity index is 773. The van der Waals surface area contributed by atoms with Gasteiger partial charge in [0.15, 0.2) is 0 Å². The van der Waals surface area contributed by atoms with E-state index in [1.165, 1.54) is 0 Å². The molecule has 120 valence electrons. The smallest absolute Gasteiger partial charge is 0.228 e. The van der Waals surface area contributed by atoms with Crippen LogP contribution in [0.3, 0.4) is 0 Å². The van der Waals surface area contributed by atoms with Gasteiger partial charge in [-0.2, -0.15) is 0 Å². The van der Waals surface area contributed by atoms with E-state index >= 15 is 0 Å². The Labute approximate surface area is 140 Å². The maximum Gasteiger partial charge on any atom is 0.228 e. The number of hydrogen-bond acceptors (Lipinski definition) is 4. The fraction of sp³-hybridized carbons (Fsp3) is 0.105. The molecule has 0 aliphatic rings. The Morgan fingerprint density at radius 2 is 1.71 bits per heavy atom. The molecular weight excluding hydrogens is 300 g/mol. The van der Waals surface area contributed by atoms with Crippen LogP contribution in [0.5, 0.6) is 0 Å². The average molecular weight is 318 g/mol. The molecule has 24 heavy (non-hydrogen) atoms. The van der Waals surface area contributed by atoms with Crippen molar-refractivity contribution in [3.05, 3.63) is 84.3 Å². The first-order valence-corrected chi connectivity index (χ1v) is 7.72. The van der Waals surface area contributed by atoms with Crippen molar-refractivity contribution in [2.75, 3.05) is 10.6 Å². The summed E-state index contributed by atoms with van der Waals surface area (Å²) in [6, 6.07) is 17.2. The summed E-state index contributed by atoms with van der Waals surface area (Å²) in [5, 5.41) is 6.08. The highest BCUT2D eigenvalue weighted by Crippen LogP contribution is 2.11. The maximum absolute atomic E-state index is 12.0. The number of rotatable bonds is 6. The van der Waals surface area contributed by atoms with Crippen LogP contribution in [0, 0.1) is 0 Å². The van der Waals surface area contributed by atoms with Gasteiger partial charge >= 0.3 is 0 Å². The van der Waals surface area contributed by atoms with Crippen molar-refractivity contribution in [3.8, 4) is 0 Å². The summed E-state index contributed by atoms with van der Waals surface area (Å²) in [5.41, 5.74) is 2.80. The molecule has 0 fully saturated rings. The monoisotopic (exact) mass is 318 g/mol. The van der Waals surface area contributed by atoms with Crippen LogP contribution in [0.15, 0.2) is 73.2 Å². The number of hydrogen-bond donors (Lipinski definition) is 2. The molecule has 0 aliphatic heterocycles. The van der Waals surface area contributed by atoms with Crippen LogP contribution in [-0.4, -0.2) is 15.9 Å². The number of carbonyl (C=O) groups is 1. The third-order valence-electron chi connectivity index (χ3n) is 3.48. The molecular formula is C19H18N4O. The van der Waals surface area contributed by atoms with Gasteiger partial charge < -0.3 is 10.6 Å². The van der Waals surface area contributed by atoms with Crippen molar-refractivity contribution in [1.82, 2.24) is 9.97 Å². The largest absolute Gasteiger partial charge is 0.366 e. The van der Waals surface area contributed by atoms with Crippen molar-refractivity contribution in [2.45, 2.75) is 13.0 Å². The zero-order chi connectivity index (χ0) is 16.6. The highest BCUT2D eigenvalue weighted by Gasteiger charge is 2.04. The zero-order valence-electron chi connectivity index (χ0n) is 13.1. The van der Waals surface area contributed by atoms with Gasteiger partial charge in [-0.15, -0.1) is 0 Å². The number of benzene rings is 1. The van der Waals surface area contributed by atoms with Gasteiger partial charge in [0.05, 0.1) is 18.3 Å². The Hall–Kier alpha value is -3.21. The van der Waals surface area contributed by atoms with E-state index in [4.69, 9.17) is 0 Å². The molecule has 3 aromatic rings. The molecule has 0 saturated carbocycles. The van der Waals surface area contributed by atoms with E-state index in [-0.39, 0.29) is 5.91 Å². The molecule has 1 amide bonds. The first-order valence-electron chi connectivity index (χ1n) is 7.72. The molecule has 0 spiro atoms. The molecule has 3 rings (SSSR count). The lowest BCUT2D eigenvalue weighted by Gasteiger charge is -2.08. The first-order chi connectivity index (χ1) is 11.8. The van der Waals surface area contributed by atoms with E-state index in [0.29, 0.717) is 18.7 Å². The van der Waals surface area contributed by atoms with Gasteiger partial charge in [-0.1, -0.05) is 30.3 Å². The molecule has 0 aliphatic carbocycles. The van der Waals surface area contributed by atoms with E-state index in [1.807, 2.05) is 54.6 Å². The molecule has 1 aromatic carbocycles. The number of anilines is 2. The highest BCUT2D eigenvalue weighted by molar-refractivity contribution is 5.92. The van der Waals surface area contributed by atoms with Crippen LogP contribution in [0.2, 0.25) is 0 Å². The molecule has 0 bridgehead atoms. The fourth-order valence-electron chi connectivity index (χ4n) is 2.25. The van der Waals surface area contributed by atoms with E-state index in [2.05, 4.69) is 20.6 Å². The van der Waals surface area contributed by atoms with Crippen LogP contribution in [0.1, 0.15) is 11.1 Å². The Morgan fingerprint density at radius 1 is 0.917 bits per heavy atom. The number of nitrogens with zero attached hydrogens (tertiary/aromatic N) is 2. The summed E-state index contributed by atoms with van der Waals surface area (Å²) >= 11 is 0. The predicted octanol–water partition coefficient (Wildman–Crippen LogP) is 3.27. The lowest BCUT2D eigenvalue weighted by molar-refractivity contribution is -0.115. The Morgan fingerprint density at radius 3 is 2.42 bits per heavy atom. The topological polar surface area (TPSA) is 66.9 Å². The number of amides is 1. The van der Waals surface area contributed by atoms with Gasteiger partial charge in [0.1, 0.15) is 5.82 Å². The molecule has 0 saturated heterocycles. The maximum atomic E-state index is 12.0. The molecule has 2 N–H and O–H groups in total. The standard InChI is InChI=1S/C19H18N4O/c24-19(12-15-4-2-1-3-5-15)23-17-6-7-18(22-14-17)21-13-16-8-10-20-11-9-16/h1-11,14H,12-13H2,(H,21,22)(H,23,24). The second kappa shape index (κ2) is 7.87. The van der Waals surface area contributed by atoms with Gasteiger partial charge in [-0.3, -0.25) is 9.78 Å². The van der Waals surface area contributed by atoms with Crippen LogP contribution < -0.4 is 10.6 Å². The summed E-state index contributed by atoms with van der Waals surface area (Å²) in [4.78, 5) is 20.3. The predicted molar refractivity (Wildman–Crippen MR) is 94.6 cm³/mol. The second-order valence-electron chi connectivity index (χ2n) is 5.35. The van der Waals surface area contributed by atoms with Crippen LogP contribution in [-0.2, 0) is 17.8 Å². The minimum atomic E-state index is -0.0551. The molecule has 5 heteroatoms. The molecule has 0 unspecified atom stereocenters. The third-order valence-corrected chi connectivity index (χ3v) is 3.48. The van der Waals surface area contributed by atoms with Crippen molar-refractivity contribution in [2.24, 2.45) is 0 Å². The highest BCUT2D eigenvalue weighted by atomic mass is 16.1. The quantitative estimate of drug-likeness (QED) is 0.732. The molecule has 2 heterocycles. The molecule has 2 aromatic heterocycles. The lowest BCUT2D eigenvalue weighted by atomic mass is 10.1. The van der Waals surface area contributed by atoms with Crippen LogP contribution in [0.25, 0.3) is 0 Å². The van der Waals surface area contributed by atoms with Crippen LogP contribution in [0.4, 0.5) is 11.5 Å². The van der Waals surface area contributed by atoms with Crippen molar-refractivity contribution in [1.29, 1.82) is 0 Å². The number of carbonyl (C=O) groups excluding carboxylic acids is 1. The van der Waals surface area contributed by atoms with Crippen molar-refractivity contribution >= 4 is 17.4 Å². The SMILES string of the molecule is O=C(Cc1ccccc1)Nc1ccc(NCc2ccncc2)nc1. The van der Waals surface area contributed by atoms with Gasteiger partial charge in [0.2, 0.25) is 5.91 Å². The van der Waals surface area contributed by atoms with Gasteiger partial charge in [0, 0.05) is 18.9 Å². The third kappa shape index (κ3) is 4.64. The minimum Gasteiger partial charge on any atom is -0.366 e. The van der Waals surface area contributed by atoms with Gasteiger partial charge in [0.25, 0.3) is 0 Å². The summed E-state index contributed by atoms with van der Waals surface area (Å²) in [6.07, 6.45) is 5.52. The normalized spacial score (nSPS) is 10.2. The first kappa shape index (κ1) is 15.7. The Balaban J connectivity index is 1.51. The summed E-state index contributed by atoms with van der Waals surface area (Å²) in [7, 11) is 0. The molecule has 5 nitrogen and oxygen atoms in total. The summed E-state index contributed by atoms with van der Waals surface area (Å²) < 4.78 is 0. The molecule has 0 atom stereocenters. The van der Waals surface area contributed by atoms with E-state index in [9.17, 15) is 4.79 Å². The van der Waals surface area contributed by atoms with Gasteiger partial charge in [-0.25, -0.2) is 4.98 Å². The Kier molecular flexibility index (Phi) is 5.14. The van der Waals surface area contributed by atoms with E-state index in [1.54, 1.807) is 18.6 Å². The summed E-state index contributed by atoms with van der Waals surface area (Å²) in [5.74, 6) is 0.702. The summed E-state index contributed by atoms with van der Waals surface area (Å²) in [6.45, 7) is 0.676. The zero-order valence-corrected chi connectivity index (χ0v) is 13.1. The van der Waals surface area contributed by atoms with Crippen molar-refractivity contribution in [3.63, 3.8) is 0 Å². The number of nitrogens with one attached hydrogen (secondary N) is 2.